The van der Waals surface area contributed by atoms with E-state index in [9.17, 15) is 9.18 Å². The van der Waals surface area contributed by atoms with Crippen LogP contribution in [0.15, 0.2) is 54.6 Å². The van der Waals surface area contributed by atoms with Gasteiger partial charge in [0, 0.05) is 25.6 Å². The lowest BCUT2D eigenvalue weighted by Crippen LogP contribution is -2.26. The number of benzene rings is 2. The van der Waals surface area contributed by atoms with Crippen molar-refractivity contribution in [2.24, 2.45) is 0 Å². The summed E-state index contributed by atoms with van der Waals surface area (Å²) in [5.74, 6) is 1.46. The van der Waals surface area contributed by atoms with Crippen LogP contribution in [0.5, 0.6) is 5.75 Å². The molecule has 7 nitrogen and oxygen atoms in total. The maximum absolute atomic E-state index is 13.1. The molecule has 4 rings (SSSR count). The molecule has 2 aromatic carbocycles. The van der Waals surface area contributed by atoms with Crippen molar-refractivity contribution in [1.82, 2.24) is 20.3 Å². The fraction of sp³-hybridized carbons (Fsp3) is 0.208. The second kappa shape index (κ2) is 9.47. The number of hydrogen-bond acceptors (Lipinski definition) is 5. The first kappa shape index (κ1) is 21.3. The quantitative estimate of drug-likeness (QED) is 0.362. The van der Waals surface area contributed by atoms with Crippen molar-refractivity contribution in [3.8, 4) is 17.1 Å². The molecule has 0 spiro atoms. The van der Waals surface area contributed by atoms with E-state index in [0.717, 1.165) is 22.2 Å². The summed E-state index contributed by atoms with van der Waals surface area (Å²) < 4.78 is 19.0. The molecule has 0 aliphatic heterocycles. The fourth-order valence-corrected chi connectivity index (χ4v) is 3.39. The van der Waals surface area contributed by atoms with Crippen LogP contribution in [0.1, 0.15) is 18.2 Å². The van der Waals surface area contributed by atoms with Crippen LogP contribution in [-0.2, 0) is 11.4 Å². The fourth-order valence-electron chi connectivity index (χ4n) is 3.39. The van der Waals surface area contributed by atoms with E-state index in [0.29, 0.717) is 36.1 Å². The normalized spacial score (nSPS) is 10.8. The van der Waals surface area contributed by atoms with Crippen LogP contribution in [0.2, 0.25) is 0 Å². The molecule has 2 aromatic heterocycles. The van der Waals surface area contributed by atoms with Gasteiger partial charge in [0.1, 0.15) is 29.6 Å². The third-order valence-corrected chi connectivity index (χ3v) is 5.03. The number of carbonyl (C=O) groups excluding carboxylic acids is 1. The molecule has 0 radical (unpaired) electrons. The Morgan fingerprint density at radius 2 is 1.81 bits per heavy atom. The van der Waals surface area contributed by atoms with Crippen LogP contribution in [0.3, 0.4) is 0 Å². The van der Waals surface area contributed by atoms with Gasteiger partial charge in [-0.25, -0.2) is 14.4 Å². The highest BCUT2D eigenvalue weighted by atomic mass is 19.1. The van der Waals surface area contributed by atoms with Gasteiger partial charge in [-0.15, -0.1) is 0 Å². The van der Waals surface area contributed by atoms with Gasteiger partial charge in [0.25, 0.3) is 0 Å². The lowest BCUT2D eigenvalue weighted by molar-refractivity contribution is -0.118. The number of aryl methyl sites for hydroxylation is 1. The number of aromatic amines is 1. The molecule has 0 aliphatic rings. The number of carbonyl (C=O) groups is 1. The highest BCUT2D eigenvalue weighted by Gasteiger charge is 2.17. The number of nitrogens with zero attached hydrogens (tertiary/aromatic N) is 2. The highest BCUT2D eigenvalue weighted by Crippen LogP contribution is 2.30. The van der Waals surface area contributed by atoms with E-state index in [1.54, 1.807) is 12.1 Å². The Morgan fingerprint density at radius 1 is 1.06 bits per heavy atom. The number of hydrogen-bond donors (Lipinski definition) is 3. The Hall–Kier alpha value is -3.94. The zero-order valence-electron chi connectivity index (χ0n) is 17.9. The molecule has 0 aliphatic carbocycles. The van der Waals surface area contributed by atoms with Crippen molar-refractivity contribution in [1.29, 1.82) is 0 Å². The van der Waals surface area contributed by atoms with Gasteiger partial charge in [0.15, 0.2) is 5.82 Å². The van der Waals surface area contributed by atoms with E-state index in [4.69, 9.17) is 14.7 Å². The van der Waals surface area contributed by atoms with E-state index < -0.39 is 0 Å². The summed E-state index contributed by atoms with van der Waals surface area (Å²) >= 11 is 0. The van der Waals surface area contributed by atoms with Gasteiger partial charge in [0.05, 0.1) is 11.1 Å². The molecule has 164 valence electrons. The molecule has 4 aromatic rings. The van der Waals surface area contributed by atoms with Crippen LogP contribution in [0.4, 0.5) is 10.2 Å². The maximum Gasteiger partial charge on any atom is 0.216 e. The Morgan fingerprint density at radius 3 is 2.53 bits per heavy atom. The second-order valence-electron chi connectivity index (χ2n) is 7.37. The first-order chi connectivity index (χ1) is 15.5. The van der Waals surface area contributed by atoms with E-state index in [1.165, 1.54) is 19.1 Å². The number of anilines is 1. The Bertz CT molecular complexity index is 1220. The summed E-state index contributed by atoms with van der Waals surface area (Å²) in [6.45, 7) is 4.74. The minimum atomic E-state index is -0.308. The zero-order valence-corrected chi connectivity index (χ0v) is 17.9. The molecule has 0 atom stereocenters. The van der Waals surface area contributed by atoms with Crippen LogP contribution in [0, 0.1) is 12.7 Å². The molecule has 1 amide bonds. The van der Waals surface area contributed by atoms with Gasteiger partial charge in [-0.05, 0) is 36.8 Å². The number of halogens is 1. The Kier molecular flexibility index (Phi) is 6.30. The summed E-state index contributed by atoms with van der Waals surface area (Å²) in [5.41, 5.74) is 3.41. The summed E-state index contributed by atoms with van der Waals surface area (Å²) in [4.78, 5) is 24.0. The first-order valence-electron chi connectivity index (χ1n) is 10.3. The van der Waals surface area contributed by atoms with Gasteiger partial charge in [-0.2, -0.15) is 0 Å². The smallest absolute Gasteiger partial charge is 0.216 e. The average molecular weight is 433 g/mol. The predicted molar refractivity (Wildman–Crippen MR) is 122 cm³/mol. The molecule has 0 fully saturated rings. The monoisotopic (exact) mass is 433 g/mol. The van der Waals surface area contributed by atoms with E-state index in [-0.39, 0.29) is 18.3 Å². The molecular weight excluding hydrogens is 409 g/mol. The Labute approximate surface area is 185 Å². The number of amides is 1. The molecule has 0 unspecified atom stereocenters. The van der Waals surface area contributed by atoms with E-state index in [2.05, 4.69) is 15.6 Å². The van der Waals surface area contributed by atoms with Crippen molar-refractivity contribution >= 4 is 22.8 Å². The third kappa shape index (κ3) is 4.85. The number of ether oxygens (including phenoxy) is 1. The number of fused-ring (bicyclic) bond motifs is 1. The van der Waals surface area contributed by atoms with Gasteiger partial charge in [-0.3, -0.25) is 4.79 Å². The number of H-pyrrole nitrogens is 1. The molecule has 3 N–H and O–H groups in total. The molecule has 0 saturated carbocycles. The maximum atomic E-state index is 13.1. The molecule has 8 heteroatoms. The van der Waals surface area contributed by atoms with E-state index >= 15 is 0 Å². The average Bonchev–Trinajstić information content (AvgIpc) is 3.12. The third-order valence-electron chi connectivity index (χ3n) is 5.03. The van der Waals surface area contributed by atoms with Crippen LogP contribution < -0.4 is 15.4 Å². The van der Waals surface area contributed by atoms with Gasteiger partial charge < -0.3 is 20.4 Å². The number of aromatic nitrogens is 3. The first-order valence-corrected chi connectivity index (χ1v) is 10.3. The lowest BCUT2D eigenvalue weighted by atomic mass is 10.1. The summed E-state index contributed by atoms with van der Waals surface area (Å²) in [6, 6.07) is 15.6. The minimum Gasteiger partial charge on any atom is -0.487 e. The zero-order chi connectivity index (χ0) is 22.5. The number of nitrogens with one attached hydrogen (secondary N) is 3. The van der Waals surface area contributed by atoms with Crippen LogP contribution in [0.25, 0.3) is 22.4 Å². The molecule has 0 bridgehead atoms. The molecular formula is C24H24FN5O2. The topological polar surface area (TPSA) is 91.9 Å². The molecule has 32 heavy (non-hydrogen) atoms. The van der Waals surface area contributed by atoms with Crippen molar-refractivity contribution in [3.63, 3.8) is 0 Å². The lowest BCUT2D eigenvalue weighted by Gasteiger charge is -2.10. The van der Waals surface area contributed by atoms with Gasteiger partial charge in [-0.1, -0.05) is 30.3 Å². The van der Waals surface area contributed by atoms with Crippen molar-refractivity contribution in [2.75, 3.05) is 18.4 Å². The van der Waals surface area contributed by atoms with Gasteiger partial charge >= 0.3 is 0 Å². The van der Waals surface area contributed by atoms with Crippen molar-refractivity contribution < 1.29 is 13.9 Å². The van der Waals surface area contributed by atoms with E-state index in [1.807, 2.05) is 37.3 Å². The largest absolute Gasteiger partial charge is 0.487 e. The number of rotatable bonds is 8. The summed E-state index contributed by atoms with van der Waals surface area (Å²) in [5, 5.41) is 6.96. The van der Waals surface area contributed by atoms with Crippen LogP contribution >= 0.6 is 0 Å². The SMILES string of the molecule is CC(=O)NCCNc1nc(-c2ccccc2)nc2[nH]c(COc3ccc(F)cc3)c(C)c12. The summed E-state index contributed by atoms with van der Waals surface area (Å²) in [7, 11) is 0. The standard InChI is InChI=1S/C24H24FN5O2/c1-15-20(14-32-19-10-8-18(25)9-11-19)28-24-21(15)23(27-13-12-26-16(2)31)29-22(30-24)17-6-4-3-5-7-17/h3-11H,12-14H2,1-2H3,(H,26,31)(H2,27,28,29,30). The highest BCUT2D eigenvalue weighted by molar-refractivity contribution is 5.92. The minimum absolute atomic E-state index is 0.0809. The molecule has 0 saturated heterocycles. The Balaban J connectivity index is 1.66. The summed E-state index contributed by atoms with van der Waals surface area (Å²) in [6.07, 6.45) is 0. The van der Waals surface area contributed by atoms with Crippen molar-refractivity contribution in [2.45, 2.75) is 20.5 Å². The van der Waals surface area contributed by atoms with Gasteiger partial charge in [0.2, 0.25) is 5.91 Å². The predicted octanol–water partition coefficient (Wildman–Crippen LogP) is 4.20. The van der Waals surface area contributed by atoms with Crippen LogP contribution in [-0.4, -0.2) is 33.9 Å². The van der Waals surface area contributed by atoms with Crippen molar-refractivity contribution in [3.05, 3.63) is 71.7 Å². The second-order valence-corrected chi connectivity index (χ2v) is 7.37. The molecule has 2 heterocycles.